The third-order valence-electron chi connectivity index (χ3n) is 4.14. The molecule has 0 unspecified atom stereocenters. The first kappa shape index (κ1) is 17.1. The molecular weight excluding hydrogens is 304 g/mol. The Morgan fingerprint density at radius 3 is 2.75 bits per heavy atom. The van der Waals surface area contributed by atoms with Crippen LogP contribution in [0, 0.1) is 5.41 Å². The number of aliphatic hydroxyl groups is 1. The molecule has 6 nitrogen and oxygen atoms in total. The first-order chi connectivity index (χ1) is 11.4. The number of rotatable bonds is 5. The molecule has 1 aromatic carbocycles. The van der Waals surface area contributed by atoms with E-state index < -0.39 is 6.10 Å². The second-order valence-corrected chi connectivity index (χ2v) is 7.60. The second kappa shape index (κ2) is 7.01. The van der Waals surface area contributed by atoms with E-state index in [1.165, 1.54) is 0 Å². The minimum Gasteiger partial charge on any atom is -0.389 e. The molecule has 130 valence electrons. The van der Waals surface area contributed by atoms with Crippen LogP contribution in [0.3, 0.4) is 0 Å². The van der Waals surface area contributed by atoms with Crippen LogP contribution in [0.2, 0.25) is 0 Å². The van der Waals surface area contributed by atoms with Crippen molar-refractivity contribution in [2.24, 2.45) is 5.41 Å². The molecule has 0 spiro atoms. The summed E-state index contributed by atoms with van der Waals surface area (Å²) in [6.45, 7) is 8.24. The van der Waals surface area contributed by atoms with Gasteiger partial charge in [0.25, 0.3) is 0 Å². The van der Waals surface area contributed by atoms with Gasteiger partial charge in [0.2, 0.25) is 0 Å². The quantitative estimate of drug-likeness (QED) is 0.873. The normalized spacial score (nSPS) is 24.4. The zero-order chi connectivity index (χ0) is 17.2. The van der Waals surface area contributed by atoms with E-state index in [4.69, 9.17) is 4.74 Å². The maximum Gasteiger partial charge on any atom is 0.113 e. The highest BCUT2D eigenvalue weighted by molar-refractivity contribution is 5.57. The van der Waals surface area contributed by atoms with Crippen molar-refractivity contribution in [3.05, 3.63) is 36.5 Å². The molecule has 0 radical (unpaired) electrons. The molecule has 0 amide bonds. The van der Waals surface area contributed by atoms with Crippen LogP contribution < -0.4 is 5.32 Å². The molecule has 0 aliphatic carbocycles. The summed E-state index contributed by atoms with van der Waals surface area (Å²) >= 11 is 0. The van der Waals surface area contributed by atoms with E-state index in [2.05, 4.69) is 36.4 Å². The van der Waals surface area contributed by atoms with Gasteiger partial charge in [0.1, 0.15) is 5.69 Å². The SMILES string of the molecule is CC(C)(C)CN[C@@H]1[C@@H](O)CO[C@@H]1Cn1cc(-c2ccccc2)nn1. The van der Waals surface area contributed by atoms with Gasteiger partial charge >= 0.3 is 0 Å². The Morgan fingerprint density at radius 2 is 2.04 bits per heavy atom. The van der Waals surface area contributed by atoms with Crippen LogP contribution in [-0.2, 0) is 11.3 Å². The highest BCUT2D eigenvalue weighted by Crippen LogP contribution is 2.20. The van der Waals surface area contributed by atoms with Crippen molar-refractivity contribution in [2.45, 2.75) is 45.6 Å². The molecule has 1 aliphatic rings. The van der Waals surface area contributed by atoms with Gasteiger partial charge in [0.05, 0.1) is 37.6 Å². The number of ether oxygens (including phenoxy) is 1. The van der Waals surface area contributed by atoms with Crippen LogP contribution in [0.4, 0.5) is 0 Å². The molecule has 2 N–H and O–H groups in total. The lowest BCUT2D eigenvalue weighted by Crippen LogP contribution is -2.48. The molecule has 2 heterocycles. The predicted octanol–water partition coefficient (Wildman–Crippen LogP) is 1.71. The maximum atomic E-state index is 10.2. The van der Waals surface area contributed by atoms with Crippen molar-refractivity contribution in [1.82, 2.24) is 20.3 Å². The van der Waals surface area contributed by atoms with Gasteiger partial charge in [-0.15, -0.1) is 5.10 Å². The lowest BCUT2D eigenvalue weighted by Gasteiger charge is -2.26. The van der Waals surface area contributed by atoms with Gasteiger partial charge in [-0.25, -0.2) is 4.68 Å². The van der Waals surface area contributed by atoms with Gasteiger partial charge in [-0.1, -0.05) is 56.3 Å². The number of hydrogen-bond acceptors (Lipinski definition) is 5. The standard InChI is InChI=1S/C18H26N4O2/c1-18(2,3)12-19-17-15(23)11-24-16(17)10-22-9-14(20-21-22)13-7-5-4-6-8-13/h4-9,15-17,19,23H,10-12H2,1-3H3/t15-,16+,17+/m0/s1. The Bertz CT molecular complexity index is 651. The lowest BCUT2D eigenvalue weighted by molar-refractivity contribution is 0.0736. The summed E-state index contributed by atoms with van der Waals surface area (Å²) in [5.41, 5.74) is 2.03. The van der Waals surface area contributed by atoms with Gasteiger partial charge in [0.15, 0.2) is 0 Å². The van der Waals surface area contributed by atoms with Gasteiger partial charge in [-0.3, -0.25) is 0 Å². The molecule has 0 bridgehead atoms. The van der Waals surface area contributed by atoms with Crippen molar-refractivity contribution >= 4 is 0 Å². The van der Waals surface area contributed by atoms with Crippen LogP contribution in [-0.4, -0.2) is 51.5 Å². The average molecular weight is 330 g/mol. The maximum absolute atomic E-state index is 10.2. The predicted molar refractivity (Wildman–Crippen MR) is 92.5 cm³/mol. The van der Waals surface area contributed by atoms with E-state index >= 15 is 0 Å². The monoisotopic (exact) mass is 330 g/mol. The van der Waals surface area contributed by atoms with Gasteiger partial charge < -0.3 is 15.2 Å². The Hall–Kier alpha value is -1.76. The smallest absolute Gasteiger partial charge is 0.113 e. The van der Waals surface area contributed by atoms with Crippen molar-refractivity contribution in [1.29, 1.82) is 0 Å². The Morgan fingerprint density at radius 1 is 1.29 bits per heavy atom. The topological polar surface area (TPSA) is 72.2 Å². The summed E-state index contributed by atoms with van der Waals surface area (Å²) in [5, 5.41) is 22.1. The number of nitrogens with zero attached hydrogens (tertiary/aromatic N) is 3. The summed E-state index contributed by atoms with van der Waals surface area (Å²) in [4.78, 5) is 0. The number of aliphatic hydroxyl groups excluding tert-OH is 1. The van der Waals surface area contributed by atoms with Crippen LogP contribution >= 0.6 is 0 Å². The number of aromatic nitrogens is 3. The Balaban J connectivity index is 1.65. The van der Waals surface area contributed by atoms with Crippen LogP contribution in [0.15, 0.2) is 36.5 Å². The Kier molecular flexibility index (Phi) is 4.99. The van der Waals surface area contributed by atoms with Gasteiger partial charge in [0, 0.05) is 12.1 Å². The van der Waals surface area contributed by atoms with Crippen LogP contribution in [0.1, 0.15) is 20.8 Å². The lowest BCUT2D eigenvalue weighted by atomic mass is 9.95. The largest absolute Gasteiger partial charge is 0.389 e. The molecule has 2 aromatic rings. The van der Waals surface area contributed by atoms with Crippen molar-refractivity contribution in [3.8, 4) is 11.3 Å². The van der Waals surface area contributed by atoms with Crippen molar-refractivity contribution < 1.29 is 9.84 Å². The third-order valence-corrected chi connectivity index (χ3v) is 4.14. The zero-order valence-corrected chi connectivity index (χ0v) is 14.5. The summed E-state index contributed by atoms with van der Waals surface area (Å²) < 4.78 is 7.55. The third kappa shape index (κ3) is 4.20. The molecule has 1 saturated heterocycles. The highest BCUT2D eigenvalue weighted by atomic mass is 16.5. The minimum atomic E-state index is -0.491. The summed E-state index contributed by atoms with van der Waals surface area (Å²) in [6, 6.07) is 9.88. The molecule has 24 heavy (non-hydrogen) atoms. The molecule has 1 aliphatic heterocycles. The summed E-state index contributed by atoms with van der Waals surface area (Å²) in [6.07, 6.45) is 1.31. The molecule has 3 atom stereocenters. The fourth-order valence-corrected chi connectivity index (χ4v) is 2.85. The number of nitrogens with one attached hydrogen (secondary N) is 1. The van der Waals surface area contributed by atoms with E-state index in [0.717, 1.165) is 17.8 Å². The molecule has 3 rings (SSSR count). The zero-order valence-electron chi connectivity index (χ0n) is 14.5. The number of benzene rings is 1. The number of hydrogen-bond donors (Lipinski definition) is 2. The fraction of sp³-hybridized carbons (Fsp3) is 0.556. The minimum absolute atomic E-state index is 0.0893. The molecule has 0 saturated carbocycles. The van der Waals surface area contributed by atoms with Crippen LogP contribution in [0.5, 0.6) is 0 Å². The first-order valence-electron chi connectivity index (χ1n) is 8.41. The van der Waals surface area contributed by atoms with E-state index in [1.54, 1.807) is 4.68 Å². The molecule has 6 heteroatoms. The Labute approximate surface area is 142 Å². The average Bonchev–Trinajstić information content (AvgIpc) is 3.13. The summed E-state index contributed by atoms with van der Waals surface area (Å²) in [5.74, 6) is 0. The van der Waals surface area contributed by atoms with Crippen molar-refractivity contribution in [2.75, 3.05) is 13.2 Å². The highest BCUT2D eigenvalue weighted by Gasteiger charge is 2.36. The van der Waals surface area contributed by atoms with E-state index in [0.29, 0.717) is 13.2 Å². The van der Waals surface area contributed by atoms with Crippen molar-refractivity contribution in [3.63, 3.8) is 0 Å². The van der Waals surface area contributed by atoms with Gasteiger partial charge in [-0.2, -0.15) is 0 Å². The summed E-state index contributed by atoms with van der Waals surface area (Å²) in [7, 11) is 0. The van der Waals surface area contributed by atoms with E-state index in [-0.39, 0.29) is 17.6 Å². The molecule has 1 aromatic heterocycles. The first-order valence-corrected chi connectivity index (χ1v) is 8.41. The fourth-order valence-electron chi connectivity index (χ4n) is 2.85. The van der Waals surface area contributed by atoms with Crippen LogP contribution in [0.25, 0.3) is 11.3 Å². The molecule has 1 fully saturated rings. The molecular formula is C18H26N4O2. The van der Waals surface area contributed by atoms with E-state index in [9.17, 15) is 5.11 Å². The van der Waals surface area contributed by atoms with E-state index in [1.807, 2.05) is 36.5 Å². The second-order valence-electron chi connectivity index (χ2n) is 7.60. The van der Waals surface area contributed by atoms with Gasteiger partial charge in [-0.05, 0) is 5.41 Å².